The maximum atomic E-state index is 5.16. The van der Waals surface area contributed by atoms with Crippen LogP contribution in [0.5, 0.6) is 5.75 Å². The smallest absolute Gasteiger partial charge is 0.118 e. The summed E-state index contributed by atoms with van der Waals surface area (Å²) in [4.78, 5) is 1.39. The van der Waals surface area contributed by atoms with E-state index in [0.29, 0.717) is 6.04 Å². The summed E-state index contributed by atoms with van der Waals surface area (Å²) in [6.45, 7) is 3.17. The molecule has 0 saturated carbocycles. The average molecular weight is 261 g/mol. The van der Waals surface area contributed by atoms with Gasteiger partial charge in [-0.3, -0.25) is 0 Å². The lowest BCUT2D eigenvalue weighted by Crippen LogP contribution is -2.27. The fourth-order valence-electron chi connectivity index (χ4n) is 1.88. The molecule has 18 heavy (non-hydrogen) atoms. The predicted octanol–water partition coefficient (Wildman–Crippen LogP) is 3.48. The minimum atomic E-state index is 0.473. The molecule has 2 rings (SSSR count). The minimum Gasteiger partial charge on any atom is -0.497 e. The van der Waals surface area contributed by atoms with Crippen LogP contribution in [0.25, 0.3) is 0 Å². The first-order chi connectivity index (χ1) is 8.78. The standard InChI is InChI=1S/C15H19NOS/c1-12(16-11-15-4-3-9-18-15)10-13-5-7-14(17-2)8-6-13/h3-9,12,16H,10-11H2,1-2H3. The molecule has 0 aliphatic heterocycles. The highest BCUT2D eigenvalue weighted by molar-refractivity contribution is 7.09. The summed E-state index contributed by atoms with van der Waals surface area (Å²) in [5.74, 6) is 0.915. The van der Waals surface area contributed by atoms with Crippen molar-refractivity contribution in [2.75, 3.05) is 7.11 Å². The van der Waals surface area contributed by atoms with Crippen LogP contribution in [-0.4, -0.2) is 13.2 Å². The second-order valence-corrected chi connectivity index (χ2v) is 5.45. The molecule has 2 aromatic rings. The normalized spacial score (nSPS) is 12.3. The van der Waals surface area contributed by atoms with Gasteiger partial charge in [0.25, 0.3) is 0 Å². The fraction of sp³-hybridized carbons (Fsp3) is 0.333. The zero-order chi connectivity index (χ0) is 12.8. The van der Waals surface area contributed by atoms with Gasteiger partial charge in [0.2, 0.25) is 0 Å². The summed E-state index contributed by atoms with van der Waals surface area (Å²) in [6.07, 6.45) is 1.04. The van der Waals surface area contributed by atoms with Gasteiger partial charge >= 0.3 is 0 Å². The number of benzene rings is 1. The van der Waals surface area contributed by atoms with E-state index >= 15 is 0 Å². The highest BCUT2D eigenvalue weighted by atomic mass is 32.1. The van der Waals surface area contributed by atoms with E-state index < -0.39 is 0 Å². The van der Waals surface area contributed by atoms with Crippen molar-refractivity contribution in [2.24, 2.45) is 0 Å². The van der Waals surface area contributed by atoms with E-state index in [0.717, 1.165) is 18.7 Å². The molecule has 0 radical (unpaired) electrons. The van der Waals surface area contributed by atoms with Crippen LogP contribution in [-0.2, 0) is 13.0 Å². The monoisotopic (exact) mass is 261 g/mol. The van der Waals surface area contributed by atoms with Crippen LogP contribution in [0.15, 0.2) is 41.8 Å². The van der Waals surface area contributed by atoms with Crippen molar-refractivity contribution in [3.05, 3.63) is 52.2 Å². The van der Waals surface area contributed by atoms with Gasteiger partial charge in [-0.05, 0) is 42.5 Å². The van der Waals surface area contributed by atoms with E-state index in [9.17, 15) is 0 Å². The number of nitrogens with one attached hydrogen (secondary N) is 1. The Morgan fingerprint density at radius 3 is 2.61 bits per heavy atom. The van der Waals surface area contributed by atoms with Gasteiger partial charge in [0.15, 0.2) is 0 Å². The molecule has 96 valence electrons. The molecule has 0 amide bonds. The Kier molecular flexibility index (Phi) is 4.79. The van der Waals surface area contributed by atoms with Gasteiger partial charge in [-0.15, -0.1) is 11.3 Å². The van der Waals surface area contributed by atoms with E-state index in [-0.39, 0.29) is 0 Å². The van der Waals surface area contributed by atoms with Crippen molar-refractivity contribution in [1.82, 2.24) is 5.32 Å². The van der Waals surface area contributed by atoms with Gasteiger partial charge in [-0.1, -0.05) is 18.2 Å². The molecule has 1 heterocycles. The van der Waals surface area contributed by atoms with E-state index in [1.165, 1.54) is 10.4 Å². The molecular weight excluding hydrogens is 242 g/mol. The molecule has 0 aliphatic rings. The molecule has 3 heteroatoms. The summed E-state index contributed by atoms with van der Waals surface area (Å²) in [5.41, 5.74) is 1.34. The molecule has 1 atom stereocenters. The molecule has 1 aromatic carbocycles. The summed E-state index contributed by atoms with van der Waals surface area (Å²) in [6, 6.07) is 13.0. The Hall–Kier alpha value is -1.32. The first kappa shape index (κ1) is 13.1. The van der Waals surface area contributed by atoms with Crippen molar-refractivity contribution in [3.8, 4) is 5.75 Å². The lowest BCUT2D eigenvalue weighted by molar-refractivity contribution is 0.414. The molecule has 0 spiro atoms. The molecule has 0 bridgehead atoms. The Morgan fingerprint density at radius 2 is 2.00 bits per heavy atom. The molecular formula is C15H19NOS. The zero-order valence-corrected chi connectivity index (χ0v) is 11.7. The Bertz CT molecular complexity index is 450. The number of ether oxygens (including phenoxy) is 1. The van der Waals surface area contributed by atoms with Crippen molar-refractivity contribution < 1.29 is 4.74 Å². The van der Waals surface area contributed by atoms with Crippen LogP contribution in [0.3, 0.4) is 0 Å². The van der Waals surface area contributed by atoms with Gasteiger partial charge in [0.05, 0.1) is 7.11 Å². The Morgan fingerprint density at radius 1 is 1.22 bits per heavy atom. The largest absolute Gasteiger partial charge is 0.497 e. The van der Waals surface area contributed by atoms with Crippen LogP contribution in [0, 0.1) is 0 Å². The first-order valence-corrected chi connectivity index (χ1v) is 7.04. The lowest BCUT2D eigenvalue weighted by Gasteiger charge is -2.13. The van der Waals surface area contributed by atoms with Crippen molar-refractivity contribution in [3.63, 3.8) is 0 Å². The Labute approximate surface area is 113 Å². The summed E-state index contributed by atoms with van der Waals surface area (Å²) in [5, 5.41) is 5.66. The third-order valence-electron chi connectivity index (χ3n) is 2.91. The van der Waals surface area contributed by atoms with Crippen LogP contribution in [0.1, 0.15) is 17.4 Å². The van der Waals surface area contributed by atoms with Crippen LogP contribution >= 0.6 is 11.3 Å². The molecule has 0 aliphatic carbocycles. The highest BCUT2D eigenvalue weighted by Crippen LogP contribution is 2.13. The fourth-order valence-corrected chi connectivity index (χ4v) is 2.53. The number of methoxy groups -OCH3 is 1. The molecule has 0 saturated heterocycles. The third kappa shape index (κ3) is 3.86. The molecule has 1 unspecified atom stereocenters. The van der Waals surface area contributed by atoms with Gasteiger partial charge in [-0.2, -0.15) is 0 Å². The highest BCUT2D eigenvalue weighted by Gasteiger charge is 2.04. The van der Waals surface area contributed by atoms with E-state index in [2.05, 4.69) is 41.9 Å². The van der Waals surface area contributed by atoms with Crippen LogP contribution in [0.4, 0.5) is 0 Å². The molecule has 0 fully saturated rings. The topological polar surface area (TPSA) is 21.3 Å². The summed E-state index contributed by atoms with van der Waals surface area (Å²) < 4.78 is 5.16. The van der Waals surface area contributed by atoms with Gasteiger partial charge in [0, 0.05) is 17.5 Å². The van der Waals surface area contributed by atoms with Crippen molar-refractivity contribution in [2.45, 2.75) is 25.9 Å². The van der Waals surface area contributed by atoms with Crippen LogP contribution < -0.4 is 10.1 Å². The maximum Gasteiger partial charge on any atom is 0.118 e. The number of rotatable bonds is 6. The molecule has 1 aromatic heterocycles. The SMILES string of the molecule is COc1ccc(CC(C)NCc2cccs2)cc1. The second-order valence-electron chi connectivity index (χ2n) is 4.41. The van der Waals surface area contributed by atoms with Gasteiger partial charge < -0.3 is 10.1 Å². The van der Waals surface area contributed by atoms with E-state index in [1.807, 2.05) is 12.1 Å². The average Bonchev–Trinajstić information content (AvgIpc) is 2.90. The Balaban J connectivity index is 1.80. The maximum absolute atomic E-state index is 5.16. The quantitative estimate of drug-likeness (QED) is 0.859. The summed E-state index contributed by atoms with van der Waals surface area (Å²) >= 11 is 1.80. The van der Waals surface area contributed by atoms with E-state index in [4.69, 9.17) is 4.74 Å². The second kappa shape index (κ2) is 6.57. The molecule has 1 N–H and O–H groups in total. The van der Waals surface area contributed by atoms with Gasteiger partial charge in [0.1, 0.15) is 5.75 Å². The van der Waals surface area contributed by atoms with Crippen molar-refractivity contribution >= 4 is 11.3 Å². The zero-order valence-electron chi connectivity index (χ0n) is 10.8. The third-order valence-corrected chi connectivity index (χ3v) is 3.78. The lowest BCUT2D eigenvalue weighted by atomic mass is 10.1. The number of thiophene rings is 1. The minimum absolute atomic E-state index is 0.473. The van der Waals surface area contributed by atoms with Crippen LogP contribution in [0.2, 0.25) is 0 Å². The molecule has 2 nitrogen and oxygen atoms in total. The predicted molar refractivity (Wildman–Crippen MR) is 77.3 cm³/mol. The van der Waals surface area contributed by atoms with E-state index in [1.54, 1.807) is 18.4 Å². The van der Waals surface area contributed by atoms with Gasteiger partial charge in [-0.25, -0.2) is 0 Å². The number of hydrogen-bond acceptors (Lipinski definition) is 3. The number of hydrogen-bond donors (Lipinski definition) is 1. The van der Waals surface area contributed by atoms with Crippen molar-refractivity contribution in [1.29, 1.82) is 0 Å². The first-order valence-electron chi connectivity index (χ1n) is 6.16. The summed E-state index contributed by atoms with van der Waals surface area (Å²) in [7, 11) is 1.69.